The highest BCUT2D eigenvalue weighted by Gasteiger charge is 2.35. The molecule has 0 aliphatic rings. The van der Waals surface area contributed by atoms with Crippen molar-refractivity contribution in [1.29, 1.82) is 0 Å². The number of esters is 1. The summed E-state index contributed by atoms with van der Waals surface area (Å²) in [6, 6.07) is 0. The maximum atomic E-state index is 11.4. The zero-order valence-electron chi connectivity index (χ0n) is 5.46. The van der Waals surface area contributed by atoms with Crippen LogP contribution in [0.5, 0.6) is 0 Å². The van der Waals surface area contributed by atoms with Crippen LogP contribution in [0, 0.1) is 0 Å². The van der Waals surface area contributed by atoms with Crippen LogP contribution in [0.4, 0.5) is 13.2 Å². The van der Waals surface area contributed by atoms with Crippen molar-refractivity contribution in [3.63, 3.8) is 0 Å². The highest BCUT2D eigenvalue weighted by atomic mass is 19.4. The highest BCUT2D eigenvalue weighted by molar-refractivity contribution is 5.85. The van der Waals surface area contributed by atoms with Gasteiger partial charge in [-0.1, -0.05) is 0 Å². The van der Waals surface area contributed by atoms with Crippen molar-refractivity contribution < 1.29 is 27.1 Å². The van der Waals surface area contributed by atoms with Gasteiger partial charge in [-0.25, -0.2) is 9.78 Å². The number of hydrogen-bond acceptors (Lipinski definition) is 4. The van der Waals surface area contributed by atoms with Crippen molar-refractivity contribution in [2.24, 2.45) is 0 Å². The van der Waals surface area contributed by atoms with Crippen LogP contribution in [-0.2, 0) is 4.74 Å². The summed E-state index contributed by atoms with van der Waals surface area (Å²) < 4.78 is 41.4. The zero-order chi connectivity index (χ0) is 9.19. The van der Waals surface area contributed by atoms with Crippen molar-refractivity contribution >= 4 is 5.97 Å². The quantitative estimate of drug-likeness (QED) is 0.613. The molecular weight excluding hydrogens is 179 g/mol. The van der Waals surface area contributed by atoms with Crippen LogP contribution < -0.4 is 0 Å². The fourth-order valence-corrected chi connectivity index (χ4v) is 0.472. The number of oxazole rings is 1. The lowest BCUT2D eigenvalue weighted by atomic mass is 10.5. The van der Waals surface area contributed by atoms with Crippen molar-refractivity contribution in [2.75, 3.05) is 0 Å². The summed E-state index contributed by atoms with van der Waals surface area (Å²) >= 11 is 0. The van der Waals surface area contributed by atoms with Gasteiger partial charge >= 0.3 is 12.3 Å². The number of ether oxygens (including phenoxy) is 1. The first-order valence-corrected chi connectivity index (χ1v) is 2.67. The predicted octanol–water partition coefficient (Wildman–Crippen LogP) is 1.35. The molecule has 7 heteroatoms. The van der Waals surface area contributed by atoms with E-state index in [4.69, 9.17) is 0 Å². The number of carbonyl (C=O) groups is 1. The van der Waals surface area contributed by atoms with Crippen LogP contribution in [0.25, 0.3) is 0 Å². The number of hydrogen-bond donors (Lipinski definition) is 0. The Hall–Kier alpha value is -1.53. The lowest BCUT2D eigenvalue weighted by molar-refractivity contribution is -0.292. The fraction of sp³-hybridized carbons (Fsp3) is 0.200. The minimum Gasteiger partial charge on any atom is -0.436 e. The number of nitrogens with zero attached hydrogens (tertiary/aromatic N) is 1. The summed E-state index contributed by atoms with van der Waals surface area (Å²) in [7, 11) is 0. The van der Waals surface area contributed by atoms with Crippen molar-refractivity contribution in [3.05, 3.63) is 18.4 Å². The van der Waals surface area contributed by atoms with Gasteiger partial charge in [-0.05, 0) is 0 Å². The first-order chi connectivity index (χ1) is 5.49. The molecule has 0 N–H and O–H groups in total. The van der Waals surface area contributed by atoms with Gasteiger partial charge in [-0.2, -0.15) is 0 Å². The van der Waals surface area contributed by atoms with Gasteiger partial charge in [-0.3, -0.25) is 0 Å². The Balaban J connectivity index is 2.63. The summed E-state index contributed by atoms with van der Waals surface area (Å²) in [5, 5.41) is 0. The maximum absolute atomic E-state index is 11.4. The average molecular weight is 181 g/mol. The second-order valence-electron chi connectivity index (χ2n) is 1.70. The van der Waals surface area contributed by atoms with Gasteiger partial charge in [0.2, 0.25) is 5.76 Å². The number of alkyl halides is 3. The topological polar surface area (TPSA) is 52.3 Å². The smallest absolute Gasteiger partial charge is 0.436 e. The molecule has 0 aromatic carbocycles. The van der Waals surface area contributed by atoms with Crippen LogP contribution in [-0.4, -0.2) is 17.3 Å². The highest BCUT2D eigenvalue weighted by Crippen LogP contribution is 2.18. The third-order valence-corrected chi connectivity index (χ3v) is 0.842. The Morgan fingerprint density at radius 1 is 1.58 bits per heavy atom. The van der Waals surface area contributed by atoms with E-state index in [1.807, 2.05) is 0 Å². The van der Waals surface area contributed by atoms with Crippen molar-refractivity contribution in [3.8, 4) is 0 Å². The largest absolute Gasteiger partial charge is 0.575 e. The number of halogens is 3. The van der Waals surface area contributed by atoms with E-state index in [2.05, 4.69) is 14.1 Å². The van der Waals surface area contributed by atoms with Crippen LogP contribution in [0.15, 0.2) is 17.0 Å². The monoisotopic (exact) mass is 181 g/mol. The summed E-state index contributed by atoms with van der Waals surface area (Å²) in [5.41, 5.74) is 0. The molecule has 1 rings (SSSR count). The number of aromatic nitrogens is 1. The van der Waals surface area contributed by atoms with Crippen molar-refractivity contribution in [2.45, 2.75) is 6.36 Å². The third kappa shape index (κ3) is 2.26. The maximum Gasteiger partial charge on any atom is 0.575 e. The second-order valence-corrected chi connectivity index (χ2v) is 1.70. The predicted molar refractivity (Wildman–Crippen MR) is 28.0 cm³/mol. The lowest BCUT2D eigenvalue weighted by Gasteiger charge is -2.03. The van der Waals surface area contributed by atoms with E-state index in [-0.39, 0.29) is 0 Å². The molecule has 1 aromatic heterocycles. The van der Waals surface area contributed by atoms with Crippen LogP contribution in [0.2, 0.25) is 0 Å². The molecule has 0 amide bonds. The molecule has 66 valence electrons. The standard InChI is InChI=1S/C5H2F3NO3/c6-5(7,8)12-4(10)3-1-9-2-11-3/h1-2H. The van der Waals surface area contributed by atoms with E-state index < -0.39 is 18.1 Å². The molecule has 12 heavy (non-hydrogen) atoms. The molecule has 4 nitrogen and oxygen atoms in total. The Bertz CT molecular complexity index is 266. The molecule has 1 heterocycles. The Kier molecular flexibility index (Phi) is 2.03. The van der Waals surface area contributed by atoms with Gasteiger partial charge in [0.15, 0.2) is 6.39 Å². The molecule has 0 saturated heterocycles. The van der Waals surface area contributed by atoms with Crippen LogP contribution in [0.3, 0.4) is 0 Å². The van der Waals surface area contributed by atoms with Crippen molar-refractivity contribution in [1.82, 2.24) is 4.98 Å². The van der Waals surface area contributed by atoms with E-state index in [0.717, 1.165) is 12.6 Å². The number of carbonyl (C=O) groups excluding carboxylic acids is 1. The van der Waals surface area contributed by atoms with Gasteiger partial charge in [0.05, 0.1) is 6.20 Å². The molecule has 0 aliphatic carbocycles. The SMILES string of the molecule is O=C(OC(F)(F)F)c1cnco1. The van der Waals surface area contributed by atoms with E-state index in [1.165, 1.54) is 0 Å². The molecular formula is C5H2F3NO3. The number of rotatable bonds is 1. The normalized spacial score (nSPS) is 11.2. The third-order valence-electron chi connectivity index (χ3n) is 0.842. The molecule has 0 saturated carbocycles. The van der Waals surface area contributed by atoms with E-state index in [9.17, 15) is 18.0 Å². The summed E-state index contributed by atoms with van der Waals surface area (Å²) in [6.07, 6.45) is -3.34. The van der Waals surface area contributed by atoms with E-state index in [1.54, 1.807) is 0 Å². The summed E-state index contributed by atoms with van der Waals surface area (Å²) in [5.74, 6) is -2.20. The van der Waals surface area contributed by atoms with E-state index >= 15 is 0 Å². The molecule has 0 bridgehead atoms. The van der Waals surface area contributed by atoms with Gasteiger partial charge in [-0.15, -0.1) is 13.2 Å². The second kappa shape index (κ2) is 2.84. The summed E-state index contributed by atoms with van der Waals surface area (Å²) in [4.78, 5) is 13.7. The Labute approximate surface area is 63.9 Å². The summed E-state index contributed by atoms with van der Waals surface area (Å²) in [6.45, 7) is 0. The van der Waals surface area contributed by atoms with E-state index in [0.29, 0.717) is 0 Å². The van der Waals surface area contributed by atoms with Crippen LogP contribution in [0.1, 0.15) is 10.6 Å². The zero-order valence-corrected chi connectivity index (χ0v) is 5.46. The molecule has 0 fully saturated rings. The van der Waals surface area contributed by atoms with Gasteiger partial charge in [0.1, 0.15) is 0 Å². The Morgan fingerprint density at radius 2 is 2.25 bits per heavy atom. The molecule has 0 atom stereocenters. The molecule has 0 aliphatic heterocycles. The fourth-order valence-electron chi connectivity index (χ4n) is 0.472. The molecule has 0 radical (unpaired) electrons. The minimum atomic E-state index is -5.00. The molecule has 0 spiro atoms. The first kappa shape index (κ1) is 8.57. The lowest BCUT2D eigenvalue weighted by Crippen LogP contribution is -2.18. The molecule has 0 unspecified atom stereocenters. The molecule has 1 aromatic rings. The van der Waals surface area contributed by atoms with Gasteiger partial charge in [0, 0.05) is 0 Å². The average Bonchev–Trinajstić information content (AvgIpc) is 2.32. The minimum absolute atomic E-state index is 0.590. The van der Waals surface area contributed by atoms with Gasteiger partial charge < -0.3 is 9.15 Å². The Morgan fingerprint density at radius 3 is 2.67 bits per heavy atom. The van der Waals surface area contributed by atoms with Crippen LogP contribution >= 0.6 is 0 Å². The van der Waals surface area contributed by atoms with Gasteiger partial charge in [0.25, 0.3) is 0 Å². The first-order valence-electron chi connectivity index (χ1n) is 2.67.